The maximum absolute atomic E-state index is 12.9. The van der Waals surface area contributed by atoms with Gasteiger partial charge >= 0.3 is 0 Å². The van der Waals surface area contributed by atoms with Gasteiger partial charge in [-0.05, 0) is 70.6 Å². The topological polar surface area (TPSA) is 149 Å². The van der Waals surface area contributed by atoms with E-state index in [0.717, 1.165) is 103 Å². The van der Waals surface area contributed by atoms with Crippen molar-refractivity contribution in [1.82, 2.24) is 5.32 Å². The highest BCUT2D eigenvalue weighted by Gasteiger charge is 2.44. The maximum atomic E-state index is 12.9. The Labute approximate surface area is 352 Å². The van der Waals surface area contributed by atoms with Crippen LogP contribution < -0.4 is 5.32 Å². The molecule has 58 heavy (non-hydrogen) atoms. The number of amides is 1. The minimum atomic E-state index is -1.57. The van der Waals surface area contributed by atoms with Crippen molar-refractivity contribution in [3.63, 3.8) is 0 Å². The average Bonchev–Trinajstić information content (AvgIpc) is 3.22. The lowest BCUT2D eigenvalue weighted by Crippen LogP contribution is -2.60. The fraction of sp³-hybridized carbons (Fsp3) is 0.694. The molecule has 0 radical (unpaired) electrons. The van der Waals surface area contributed by atoms with Crippen molar-refractivity contribution in [3.8, 4) is 0 Å². The van der Waals surface area contributed by atoms with Gasteiger partial charge in [0, 0.05) is 6.42 Å². The number of hydrogen-bond acceptors (Lipinski definition) is 8. The van der Waals surface area contributed by atoms with E-state index in [1.54, 1.807) is 6.08 Å². The highest BCUT2D eigenvalue weighted by molar-refractivity contribution is 5.76. The van der Waals surface area contributed by atoms with E-state index in [1.807, 2.05) is 6.08 Å². The molecule has 9 nitrogen and oxygen atoms in total. The quantitative estimate of drug-likeness (QED) is 0.0271. The number of ether oxygens (including phenoxy) is 2. The zero-order valence-electron chi connectivity index (χ0n) is 36.3. The molecule has 1 saturated heterocycles. The number of unbranched alkanes of at least 4 members (excludes halogenated alkanes) is 14. The van der Waals surface area contributed by atoms with Crippen LogP contribution in [0.15, 0.2) is 85.1 Å². The average molecular weight is 814 g/mol. The van der Waals surface area contributed by atoms with E-state index in [-0.39, 0.29) is 12.5 Å². The van der Waals surface area contributed by atoms with E-state index in [2.05, 4.69) is 92.1 Å². The van der Waals surface area contributed by atoms with Gasteiger partial charge in [-0.25, -0.2) is 0 Å². The minimum Gasteiger partial charge on any atom is -0.394 e. The fourth-order valence-corrected chi connectivity index (χ4v) is 6.57. The van der Waals surface area contributed by atoms with Crippen molar-refractivity contribution in [2.75, 3.05) is 13.2 Å². The molecule has 6 N–H and O–H groups in total. The first-order valence-corrected chi connectivity index (χ1v) is 22.8. The molecule has 0 bridgehead atoms. The molecule has 1 amide bonds. The van der Waals surface area contributed by atoms with Gasteiger partial charge in [0.15, 0.2) is 6.29 Å². The predicted molar refractivity (Wildman–Crippen MR) is 239 cm³/mol. The van der Waals surface area contributed by atoms with Gasteiger partial charge in [0.1, 0.15) is 24.4 Å². The second-order valence-electron chi connectivity index (χ2n) is 15.5. The van der Waals surface area contributed by atoms with Crippen molar-refractivity contribution in [1.29, 1.82) is 0 Å². The molecule has 332 valence electrons. The van der Waals surface area contributed by atoms with Crippen LogP contribution in [0.1, 0.15) is 162 Å². The number of nitrogens with one attached hydrogen (secondary N) is 1. The highest BCUT2D eigenvalue weighted by atomic mass is 16.7. The Morgan fingerprint density at radius 1 is 0.603 bits per heavy atom. The largest absolute Gasteiger partial charge is 0.394 e. The molecule has 9 heteroatoms. The minimum absolute atomic E-state index is 0.199. The zero-order chi connectivity index (χ0) is 42.3. The Kier molecular flexibility index (Phi) is 35.5. The standard InChI is InChI=1S/C49H83NO8/c1-3-5-7-9-11-13-15-16-17-18-19-20-21-22-23-24-25-26-27-28-29-31-33-35-37-39-45(53)50-42(41-57-49-48(56)47(55)46(54)44(40-51)58-49)43(52)38-36-34-32-30-14-12-10-8-6-4-2/h5,7,11,13,16-17,19-20,22-23,25-26,36,38,42-44,46-49,51-52,54-56H,3-4,6,8-10,12,14-15,18,21,24,27-35,37,39-41H2,1-2H3,(H,50,53)/b7-5-,13-11-,17-16-,20-19-,23-22-,26-25-,38-36+. The predicted octanol–water partition coefficient (Wildman–Crippen LogP) is 9.55. The van der Waals surface area contributed by atoms with Crippen LogP contribution in [0.4, 0.5) is 0 Å². The molecule has 7 atom stereocenters. The van der Waals surface area contributed by atoms with Crippen molar-refractivity contribution in [3.05, 3.63) is 85.1 Å². The van der Waals surface area contributed by atoms with Gasteiger partial charge in [0.25, 0.3) is 0 Å². The van der Waals surface area contributed by atoms with Gasteiger partial charge in [0.2, 0.25) is 5.91 Å². The van der Waals surface area contributed by atoms with E-state index in [4.69, 9.17) is 9.47 Å². The lowest BCUT2D eigenvalue weighted by Gasteiger charge is -2.40. The summed E-state index contributed by atoms with van der Waals surface area (Å²) in [6.45, 7) is 3.60. The van der Waals surface area contributed by atoms with Crippen LogP contribution in [-0.4, -0.2) is 87.5 Å². The summed E-state index contributed by atoms with van der Waals surface area (Å²) in [5.74, 6) is -0.199. The summed E-state index contributed by atoms with van der Waals surface area (Å²) in [6.07, 6.45) is 46.3. The first-order valence-electron chi connectivity index (χ1n) is 22.8. The fourth-order valence-electron chi connectivity index (χ4n) is 6.57. The third-order valence-electron chi connectivity index (χ3n) is 10.2. The van der Waals surface area contributed by atoms with Crippen molar-refractivity contribution >= 4 is 5.91 Å². The summed E-state index contributed by atoms with van der Waals surface area (Å²) in [6, 6.07) is -0.816. The van der Waals surface area contributed by atoms with E-state index in [1.165, 1.54) is 38.5 Å². The van der Waals surface area contributed by atoms with E-state index in [9.17, 15) is 30.3 Å². The Hall–Kier alpha value is -2.63. The molecule has 0 saturated carbocycles. The number of rotatable bonds is 36. The molecule has 0 spiro atoms. The molecule has 0 aliphatic carbocycles. The van der Waals surface area contributed by atoms with Crippen LogP contribution in [0, 0.1) is 0 Å². The first-order chi connectivity index (χ1) is 28.3. The summed E-state index contributed by atoms with van der Waals surface area (Å²) < 4.78 is 11.2. The van der Waals surface area contributed by atoms with Crippen molar-refractivity contribution in [2.24, 2.45) is 0 Å². The lowest BCUT2D eigenvalue weighted by atomic mass is 9.99. The molecule has 1 heterocycles. The normalized spacial score (nSPS) is 21.7. The third kappa shape index (κ3) is 28.7. The van der Waals surface area contributed by atoms with Crippen LogP contribution >= 0.6 is 0 Å². The van der Waals surface area contributed by atoms with Gasteiger partial charge in [-0.3, -0.25) is 4.79 Å². The Bertz CT molecular complexity index is 1180. The van der Waals surface area contributed by atoms with Crippen LogP contribution in [0.2, 0.25) is 0 Å². The summed E-state index contributed by atoms with van der Waals surface area (Å²) in [5.41, 5.74) is 0. The van der Waals surface area contributed by atoms with E-state index < -0.39 is 49.5 Å². The second-order valence-corrected chi connectivity index (χ2v) is 15.5. The molecule has 1 fully saturated rings. The molecule has 1 aliphatic rings. The van der Waals surface area contributed by atoms with Crippen LogP contribution in [0.5, 0.6) is 0 Å². The molecular weight excluding hydrogens is 731 g/mol. The van der Waals surface area contributed by atoms with Gasteiger partial charge in [-0.15, -0.1) is 0 Å². The second kappa shape index (κ2) is 38.6. The molecule has 1 aliphatic heterocycles. The number of allylic oxidation sites excluding steroid dienone is 13. The molecule has 0 aromatic heterocycles. The summed E-state index contributed by atoms with van der Waals surface area (Å²) in [4.78, 5) is 12.9. The van der Waals surface area contributed by atoms with Crippen molar-refractivity contribution < 1.29 is 39.8 Å². The van der Waals surface area contributed by atoms with Gasteiger partial charge in [-0.2, -0.15) is 0 Å². The number of aliphatic hydroxyl groups excluding tert-OH is 5. The number of carbonyl (C=O) groups excluding carboxylic acids is 1. The molecule has 1 rings (SSSR count). The van der Waals surface area contributed by atoms with E-state index >= 15 is 0 Å². The molecular formula is C49H83NO8. The number of carbonyl (C=O) groups is 1. The van der Waals surface area contributed by atoms with Crippen LogP contribution in [0.25, 0.3) is 0 Å². The third-order valence-corrected chi connectivity index (χ3v) is 10.2. The SMILES string of the molecule is CC/C=C\C/C=C\C/C=C\C/C=C\C/C=C\C/C=C\CCCCCCCCC(=O)NC(COC1OC(CO)C(O)C(O)C1O)C(O)/C=C/CCCCCCCCCC. The smallest absolute Gasteiger partial charge is 0.220 e. The molecule has 7 unspecified atom stereocenters. The van der Waals surface area contributed by atoms with E-state index in [0.29, 0.717) is 6.42 Å². The summed E-state index contributed by atoms with van der Waals surface area (Å²) in [5, 5.41) is 54.0. The van der Waals surface area contributed by atoms with Gasteiger partial charge < -0.3 is 40.3 Å². The number of hydrogen-bond donors (Lipinski definition) is 6. The Morgan fingerprint density at radius 3 is 1.59 bits per heavy atom. The summed E-state index contributed by atoms with van der Waals surface area (Å²) in [7, 11) is 0. The molecule has 0 aromatic rings. The lowest BCUT2D eigenvalue weighted by molar-refractivity contribution is -0.302. The van der Waals surface area contributed by atoms with Crippen LogP contribution in [0.3, 0.4) is 0 Å². The number of aliphatic hydroxyl groups is 5. The monoisotopic (exact) mass is 814 g/mol. The zero-order valence-corrected chi connectivity index (χ0v) is 36.3. The molecule has 0 aromatic carbocycles. The maximum Gasteiger partial charge on any atom is 0.220 e. The first kappa shape index (κ1) is 53.4. The van der Waals surface area contributed by atoms with Crippen LogP contribution in [-0.2, 0) is 14.3 Å². The summed E-state index contributed by atoms with van der Waals surface area (Å²) >= 11 is 0. The Balaban J connectivity index is 2.31. The van der Waals surface area contributed by atoms with Crippen molar-refractivity contribution in [2.45, 2.75) is 204 Å². The van der Waals surface area contributed by atoms with Gasteiger partial charge in [-0.1, -0.05) is 170 Å². The Morgan fingerprint density at radius 2 is 1.07 bits per heavy atom. The highest BCUT2D eigenvalue weighted by Crippen LogP contribution is 2.22. The van der Waals surface area contributed by atoms with Gasteiger partial charge in [0.05, 0.1) is 25.4 Å².